The van der Waals surface area contributed by atoms with E-state index in [9.17, 15) is 14.7 Å². The summed E-state index contributed by atoms with van der Waals surface area (Å²) in [4.78, 5) is 23.1. The number of carboxylic acid groups (broad SMARTS) is 1. The van der Waals surface area contributed by atoms with E-state index in [0.717, 1.165) is 25.7 Å². The number of hydrogen-bond donors (Lipinski definition) is 3. The van der Waals surface area contributed by atoms with Crippen molar-refractivity contribution in [1.29, 1.82) is 0 Å². The van der Waals surface area contributed by atoms with Crippen molar-refractivity contribution in [3.8, 4) is 0 Å². The number of nitrogens with one attached hydrogen (secondary N) is 2. The van der Waals surface area contributed by atoms with Gasteiger partial charge in [0.25, 0.3) is 0 Å². The van der Waals surface area contributed by atoms with E-state index in [4.69, 9.17) is 0 Å². The van der Waals surface area contributed by atoms with Crippen LogP contribution in [0.3, 0.4) is 0 Å². The average Bonchev–Trinajstić information content (AvgIpc) is 3.16. The molecule has 2 fully saturated rings. The van der Waals surface area contributed by atoms with Crippen molar-refractivity contribution in [1.82, 2.24) is 10.6 Å². The van der Waals surface area contributed by atoms with Crippen LogP contribution in [0.2, 0.25) is 0 Å². The van der Waals surface area contributed by atoms with Crippen LogP contribution in [0.5, 0.6) is 0 Å². The Morgan fingerprint density at radius 2 is 1.79 bits per heavy atom. The molecule has 108 valence electrons. The standard InChI is InChI=1S/C14H24N2O3/c17-13(8-9-15-10-6-7-10)16-12-5-3-1-2-4-11(12)14(18)19/h10-12,15H,1-9H2,(H,16,17)(H,18,19). The molecule has 19 heavy (non-hydrogen) atoms. The summed E-state index contributed by atoms with van der Waals surface area (Å²) in [6.07, 6.45) is 7.37. The Bertz CT molecular complexity index is 329. The van der Waals surface area contributed by atoms with Crippen LogP contribution in [-0.4, -0.2) is 35.6 Å². The van der Waals surface area contributed by atoms with Gasteiger partial charge in [-0.15, -0.1) is 0 Å². The monoisotopic (exact) mass is 268 g/mol. The van der Waals surface area contributed by atoms with Crippen molar-refractivity contribution in [2.45, 2.75) is 63.5 Å². The molecular weight excluding hydrogens is 244 g/mol. The predicted molar refractivity (Wildman–Crippen MR) is 71.8 cm³/mol. The summed E-state index contributed by atoms with van der Waals surface area (Å²) in [7, 11) is 0. The zero-order valence-electron chi connectivity index (χ0n) is 11.4. The van der Waals surface area contributed by atoms with E-state index < -0.39 is 11.9 Å². The number of carboxylic acids is 1. The van der Waals surface area contributed by atoms with Crippen LogP contribution < -0.4 is 10.6 Å². The minimum atomic E-state index is -0.775. The third-order valence-electron chi connectivity index (χ3n) is 4.04. The molecule has 5 heteroatoms. The highest BCUT2D eigenvalue weighted by Gasteiger charge is 2.30. The maximum atomic E-state index is 11.8. The number of rotatable bonds is 6. The van der Waals surface area contributed by atoms with Crippen molar-refractivity contribution < 1.29 is 14.7 Å². The van der Waals surface area contributed by atoms with Crippen molar-refractivity contribution in [3.63, 3.8) is 0 Å². The third-order valence-corrected chi connectivity index (χ3v) is 4.04. The second-order valence-electron chi connectivity index (χ2n) is 5.74. The van der Waals surface area contributed by atoms with Gasteiger partial charge in [-0.2, -0.15) is 0 Å². The van der Waals surface area contributed by atoms with Gasteiger partial charge in [0, 0.05) is 25.0 Å². The van der Waals surface area contributed by atoms with Gasteiger partial charge in [-0.1, -0.05) is 19.3 Å². The SMILES string of the molecule is O=C(CCNC1CC1)NC1CCCCCC1C(=O)O. The maximum absolute atomic E-state index is 11.8. The molecule has 0 aromatic carbocycles. The Morgan fingerprint density at radius 3 is 2.47 bits per heavy atom. The molecule has 0 radical (unpaired) electrons. The van der Waals surface area contributed by atoms with Gasteiger partial charge in [0.1, 0.15) is 0 Å². The van der Waals surface area contributed by atoms with E-state index in [2.05, 4.69) is 10.6 Å². The number of amides is 1. The highest BCUT2D eigenvalue weighted by atomic mass is 16.4. The van der Waals surface area contributed by atoms with Gasteiger partial charge in [0.05, 0.1) is 5.92 Å². The maximum Gasteiger partial charge on any atom is 0.308 e. The topological polar surface area (TPSA) is 78.4 Å². The summed E-state index contributed by atoms with van der Waals surface area (Å²) in [5.41, 5.74) is 0. The molecule has 0 aromatic heterocycles. The van der Waals surface area contributed by atoms with Crippen LogP contribution >= 0.6 is 0 Å². The fraction of sp³-hybridized carbons (Fsp3) is 0.857. The number of carbonyl (C=O) groups excluding carboxylic acids is 1. The minimum absolute atomic E-state index is 0.0219. The minimum Gasteiger partial charge on any atom is -0.481 e. The highest BCUT2D eigenvalue weighted by Crippen LogP contribution is 2.24. The quantitative estimate of drug-likeness (QED) is 0.634. The Balaban J connectivity index is 1.76. The van der Waals surface area contributed by atoms with Gasteiger partial charge < -0.3 is 15.7 Å². The van der Waals surface area contributed by atoms with Crippen molar-refractivity contribution >= 4 is 11.9 Å². The van der Waals surface area contributed by atoms with E-state index in [1.54, 1.807) is 0 Å². The summed E-state index contributed by atoms with van der Waals surface area (Å²) >= 11 is 0. The molecule has 2 atom stereocenters. The zero-order valence-corrected chi connectivity index (χ0v) is 11.4. The highest BCUT2D eigenvalue weighted by molar-refractivity contribution is 5.78. The molecule has 1 amide bonds. The first-order valence-corrected chi connectivity index (χ1v) is 7.42. The first-order chi connectivity index (χ1) is 9.16. The molecule has 0 spiro atoms. The van der Waals surface area contributed by atoms with Gasteiger partial charge >= 0.3 is 5.97 Å². The van der Waals surface area contributed by atoms with Crippen molar-refractivity contribution in [2.24, 2.45) is 5.92 Å². The van der Waals surface area contributed by atoms with Gasteiger partial charge in [-0.05, 0) is 25.7 Å². The molecule has 5 nitrogen and oxygen atoms in total. The number of carbonyl (C=O) groups is 2. The van der Waals surface area contributed by atoms with Crippen molar-refractivity contribution in [2.75, 3.05) is 6.54 Å². The normalized spacial score (nSPS) is 27.6. The Kier molecular flexibility index (Phi) is 5.19. The first-order valence-electron chi connectivity index (χ1n) is 7.42. The molecule has 2 unspecified atom stereocenters. The van der Waals surface area contributed by atoms with Gasteiger partial charge in [-0.3, -0.25) is 9.59 Å². The van der Waals surface area contributed by atoms with E-state index in [1.165, 1.54) is 12.8 Å². The third kappa shape index (κ3) is 4.82. The van der Waals surface area contributed by atoms with Crippen LogP contribution in [0.15, 0.2) is 0 Å². The molecule has 0 aromatic rings. The molecule has 3 N–H and O–H groups in total. The van der Waals surface area contributed by atoms with E-state index >= 15 is 0 Å². The predicted octanol–water partition coefficient (Wildman–Crippen LogP) is 1.28. The van der Waals surface area contributed by atoms with Gasteiger partial charge in [0.2, 0.25) is 5.91 Å². The lowest BCUT2D eigenvalue weighted by Crippen LogP contribution is -2.43. The summed E-state index contributed by atoms with van der Waals surface area (Å²) in [6, 6.07) is 0.422. The van der Waals surface area contributed by atoms with E-state index in [0.29, 0.717) is 25.4 Å². The van der Waals surface area contributed by atoms with E-state index in [1.807, 2.05) is 0 Å². The number of aliphatic carboxylic acids is 1. The largest absolute Gasteiger partial charge is 0.481 e. The summed E-state index contributed by atoms with van der Waals surface area (Å²) in [6.45, 7) is 0.695. The Morgan fingerprint density at radius 1 is 1.05 bits per heavy atom. The molecule has 2 aliphatic rings. The van der Waals surface area contributed by atoms with Crippen LogP contribution in [-0.2, 0) is 9.59 Å². The van der Waals surface area contributed by atoms with Crippen LogP contribution in [0.1, 0.15) is 51.4 Å². The molecule has 2 rings (SSSR count). The summed E-state index contributed by atoms with van der Waals surface area (Å²) < 4.78 is 0. The summed E-state index contributed by atoms with van der Waals surface area (Å²) in [5, 5.41) is 15.5. The molecule has 0 aliphatic heterocycles. The summed E-state index contributed by atoms with van der Waals surface area (Å²) in [5.74, 6) is -1.21. The Labute approximate surface area is 114 Å². The molecule has 0 bridgehead atoms. The van der Waals surface area contributed by atoms with Gasteiger partial charge in [0.15, 0.2) is 0 Å². The molecule has 0 saturated heterocycles. The van der Waals surface area contributed by atoms with Crippen LogP contribution in [0.4, 0.5) is 0 Å². The molecule has 0 heterocycles. The zero-order chi connectivity index (χ0) is 13.7. The average molecular weight is 268 g/mol. The smallest absolute Gasteiger partial charge is 0.308 e. The van der Waals surface area contributed by atoms with Gasteiger partial charge in [-0.25, -0.2) is 0 Å². The van der Waals surface area contributed by atoms with Crippen molar-refractivity contribution in [3.05, 3.63) is 0 Å². The second-order valence-corrected chi connectivity index (χ2v) is 5.74. The molecular formula is C14H24N2O3. The lowest BCUT2D eigenvalue weighted by molar-refractivity contribution is -0.143. The van der Waals surface area contributed by atoms with Crippen LogP contribution in [0.25, 0.3) is 0 Å². The first kappa shape index (κ1) is 14.3. The fourth-order valence-corrected chi connectivity index (χ4v) is 2.73. The second kappa shape index (κ2) is 6.89. The molecule has 2 saturated carbocycles. The lowest BCUT2D eigenvalue weighted by atomic mass is 9.95. The van der Waals surface area contributed by atoms with E-state index in [-0.39, 0.29) is 11.9 Å². The lowest BCUT2D eigenvalue weighted by Gasteiger charge is -2.22. The number of hydrogen-bond acceptors (Lipinski definition) is 3. The molecule has 2 aliphatic carbocycles. The fourth-order valence-electron chi connectivity index (χ4n) is 2.73. The van der Waals surface area contributed by atoms with Crippen LogP contribution in [0, 0.1) is 5.92 Å². The Hall–Kier alpha value is -1.10.